The Labute approximate surface area is 259 Å². The highest BCUT2D eigenvalue weighted by atomic mass is 32.1. The molecule has 9 rings (SSSR count). The van der Waals surface area contributed by atoms with Gasteiger partial charge in [0.1, 0.15) is 11.3 Å². The number of carbonyl (C=O) groups is 1. The van der Waals surface area contributed by atoms with Crippen molar-refractivity contribution >= 4 is 49.4 Å². The number of hydrogen-bond acceptors (Lipinski definition) is 6. The molecule has 3 aliphatic rings. The lowest BCUT2D eigenvalue weighted by atomic mass is 10.0. The number of nitrogens with zero attached hydrogens (tertiary/aromatic N) is 5. The van der Waals surface area contributed by atoms with E-state index in [1.807, 2.05) is 29.6 Å². The number of piperidine rings is 1. The van der Waals surface area contributed by atoms with Gasteiger partial charge in [0, 0.05) is 48.7 Å². The van der Waals surface area contributed by atoms with E-state index < -0.39 is 0 Å². The third kappa shape index (κ3) is 3.95. The first kappa shape index (κ1) is 26.2. The van der Waals surface area contributed by atoms with E-state index in [0.717, 1.165) is 54.0 Å². The fourth-order valence-corrected chi connectivity index (χ4v) is 8.34. The molecule has 0 radical (unpaired) electrons. The second-order valence-corrected chi connectivity index (χ2v) is 13.8. The van der Waals surface area contributed by atoms with Gasteiger partial charge in [0.15, 0.2) is 5.82 Å². The van der Waals surface area contributed by atoms with Crippen molar-refractivity contribution in [2.75, 3.05) is 13.7 Å². The van der Waals surface area contributed by atoms with Crippen LogP contribution >= 0.6 is 11.3 Å². The van der Waals surface area contributed by atoms with Gasteiger partial charge in [-0.3, -0.25) is 4.79 Å². The molecule has 44 heavy (non-hydrogen) atoms. The fraction of sp³-hybridized carbons (Fsp3) is 0.343. The van der Waals surface area contributed by atoms with Crippen molar-refractivity contribution in [3.05, 3.63) is 65.7 Å². The predicted octanol–water partition coefficient (Wildman–Crippen LogP) is 6.45. The minimum atomic E-state index is 0.0197. The fourth-order valence-electron chi connectivity index (χ4n) is 7.68. The average molecular weight is 603 g/mol. The van der Waals surface area contributed by atoms with Crippen LogP contribution in [0.1, 0.15) is 36.0 Å². The second kappa shape index (κ2) is 9.64. The molecule has 6 aromatic rings. The van der Waals surface area contributed by atoms with Crippen LogP contribution < -0.4 is 10.5 Å². The Hall–Kier alpha value is -4.21. The molecule has 3 aromatic heterocycles. The van der Waals surface area contributed by atoms with Gasteiger partial charge in [0.25, 0.3) is 5.91 Å². The molecular formula is C35H34N6O2S. The second-order valence-electron chi connectivity index (χ2n) is 12.9. The Balaban J connectivity index is 1.16. The number of aromatic nitrogens is 4. The number of nitrogens with two attached hydrogens (primary N) is 1. The van der Waals surface area contributed by atoms with Crippen molar-refractivity contribution in [1.82, 2.24) is 24.0 Å². The highest BCUT2D eigenvalue weighted by Gasteiger charge is 2.47. The van der Waals surface area contributed by atoms with Crippen LogP contribution in [0.4, 0.5) is 0 Å². The molecule has 8 nitrogen and oxygen atoms in total. The molecule has 3 atom stereocenters. The number of imidazole rings is 1. The molecule has 3 fully saturated rings. The lowest BCUT2D eigenvalue weighted by Gasteiger charge is -2.27. The number of methoxy groups -OCH3 is 1. The largest absolute Gasteiger partial charge is 0.494 e. The standard InChI is InChI=1S/C35H34N6O2S/c1-39-33-26(12-24(15-30(33)43-2)35(42)41-17-23-7-9-27(41)32(23)36)38-34(39)29-14-22-6-5-21(13-28(22)40(29)16-19-3-4-19)20-8-10-31-25(11-20)37-18-44-31/h5-6,8,10-15,18-19,23,27,32H,3-4,7,9,16-17,36H2,1-2H3/t23?,27?,32-/m1/s1. The summed E-state index contributed by atoms with van der Waals surface area (Å²) in [5, 5.41) is 1.19. The van der Waals surface area contributed by atoms with Crippen LogP contribution in [0.3, 0.4) is 0 Å². The Bertz CT molecular complexity index is 2120. The third-order valence-corrected chi connectivity index (χ3v) is 11.1. The van der Waals surface area contributed by atoms with Crippen LogP contribution in [0.5, 0.6) is 5.75 Å². The summed E-state index contributed by atoms with van der Waals surface area (Å²) in [4.78, 5) is 25.4. The van der Waals surface area contributed by atoms with Gasteiger partial charge < -0.3 is 24.5 Å². The van der Waals surface area contributed by atoms with Gasteiger partial charge in [0.2, 0.25) is 0 Å². The molecular weight excluding hydrogens is 568 g/mol. The number of benzene rings is 3. The smallest absolute Gasteiger partial charge is 0.254 e. The molecule has 2 N–H and O–H groups in total. The van der Waals surface area contributed by atoms with E-state index in [1.54, 1.807) is 18.4 Å². The number of aryl methyl sites for hydroxylation is 1. The van der Waals surface area contributed by atoms with Gasteiger partial charge in [-0.05, 0) is 85.0 Å². The Kier molecular flexibility index (Phi) is 5.75. The zero-order chi connectivity index (χ0) is 29.7. The van der Waals surface area contributed by atoms with Crippen molar-refractivity contribution in [1.29, 1.82) is 0 Å². The number of likely N-dealkylation sites (tertiary alicyclic amines) is 1. The summed E-state index contributed by atoms with van der Waals surface area (Å²) in [5.74, 6) is 2.62. The molecule has 1 saturated heterocycles. The normalized spacial score (nSPS) is 21.3. The summed E-state index contributed by atoms with van der Waals surface area (Å²) in [6, 6.07) is 19.5. The number of carbonyl (C=O) groups excluding carboxylic acids is 1. The quantitative estimate of drug-likeness (QED) is 0.237. The number of rotatable bonds is 6. The van der Waals surface area contributed by atoms with E-state index >= 15 is 0 Å². The molecule has 2 saturated carbocycles. The van der Waals surface area contributed by atoms with E-state index in [0.29, 0.717) is 23.1 Å². The summed E-state index contributed by atoms with van der Waals surface area (Å²) in [7, 11) is 3.71. The van der Waals surface area contributed by atoms with Crippen LogP contribution in [0.15, 0.2) is 60.1 Å². The molecule has 9 heteroatoms. The minimum absolute atomic E-state index is 0.0197. The zero-order valence-corrected chi connectivity index (χ0v) is 25.7. The molecule has 1 amide bonds. The first-order chi connectivity index (χ1) is 21.5. The summed E-state index contributed by atoms with van der Waals surface area (Å²) in [6.45, 7) is 1.69. The van der Waals surface area contributed by atoms with Gasteiger partial charge in [-0.2, -0.15) is 0 Å². The highest BCUT2D eigenvalue weighted by Crippen LogP contribution is 2.41. The maximum atomic E-state index is 13.7. The number of ether oxygens (including phenoxy) is 1. The molecule has 1 aliphatic heterocycles. The van der Waals surface area contributed by atoms with E-state index in [-0.39, 0.29) is 18.0 Å². The minimum Gasteiger partial charge on any atom is -0.494 e. The van der Waals surface area contributed by atoms with Crippen molar-refractivity contribution in [2.24, 2.45) is 24.6 Å². The van der Waals surface area contributed by atoms with Crippen LogP contribution in [0.25, 0.3) is 54.8 Å². The average Bonchev–Trinajstić information content (AvgIpc) is 3.34. The van der Waals surface area contributed by atoms with Crippen LogP contribution in [-0.2, 0) is 13.6 Å². The first-order valence-corrected chi connectivity index (χ1v) is 16.4. The molecule has 0 spiro atoms. The molecule has 3 aromatic carbocycles. The lowest BCUT2D eigenvalue weighted by Crippen LogP contribution is -2.41. The summed E-state index contributed by atoms with van der Waals surface area (Å²) >= 11 is 1.67. The summed E-state index contributed by atoms with van der Waals surface area (Å²) in [6.07, 6.45) is 4.60. The first-order valence-electron chi connectivity index (χ1n) is 15.5. The Morgan fingerprint density at radius 3 is 2.64 bits per heavy atom. The Morgan fingerprint density at radius 1 is 1.02 bits per heavy atom. The van der Waals surface area contributed by atoms with E-state index in [9.17, 15) is 4.79 Å². The molecule has 2 bridgehead atoms. The molecule has 2 unspecified atom stereocenters. The van der Waals surface area contributed by atoms with Gasteiger partial charge in [0.05, 0.1) is 34.0 Å². The van der Waals surface area contributed by atoms with Gasteiger partial charge in [-0.1, -0.05) is 18.2 Å². The monoisotopic (exact) mass is 602 g/mol. The third-order valence-electron chi connectivity index (χ3n) is 10.3. The Morgan fingerprint density at radius 2 is 1.86 bits per heavy atom. The lowest BCUT2D eigenvalue weighted by molar-refractivity contribution is 0.0700. The topological polar surface area (TPSA) is 91.2 Å². The van der Waals surface area contributed by atoms with Crippen LogP contribution in [0, 0.1) is 11.8 Å². The summed E-state index contributed by atoms with van der Waals surface area (Å²) < 4.78 is 11.6. The van der Waals surface area contributed by atoms with Crippen molar-refractivity contribution in [2.45, 2.75) is 44.3 Å². The maximum Gasteiger partial charge on any atom is 0.254 e. The van der Waals surface area contributed by atoms with Gasteiger partial charge in [-0.25, -0.2) is 9.97 Å². The maximum absolute atomic E-state index is 13.7. The van der Waals surface area contributed by atoms with Crippen LogP contribution in [0.2, 0.25) is 0 Å². The number of thiazole rings is 1. The molecule has 4 heterocycles. The number of hydrogen-bond donors (Lipinski definition) is 1. The highest BCUT2D eigenvalue weighted by molar-refractivity contribution is 7.16. The van der Waals surface area contributed by atoms with Gasteiger partial charge in [-0.15, -0.1) is 11.3 Å². The van der Waals surface area contributed by atoms with Crippen LogP contribution in [-0.4, -0.2) is 55.6 Å². The number of fused-ring (bicyclic) bond motifs is 5. The molecule has 2 aliphatic carbocycles. The SMILES string of the molecule is COc1cc(C(=O)N2CC3CCC2[C@@H]3N)cc2nc(-c3cc4ccc(-c5ccc6scnc6c5)cc4n3CC3CC3)n(C)c12. The predicted molar refractivity (Wildman–Crippen MR) is 175 cm³/mol. The molecule has 222 valence electrons. The van der Waals surface area contributed by atoms with Crippen molar-refractivity contribution in [3.8, 4) is 28.4 Å². The number of amides is 1. The van der Waals surface area contributed by atoms with E-state index in [1.165, 1.54) is 39.6 Å². The van der Waals surface area contributed by atoms with Crippen molar-refractivity contribution < 1.29 is 9.53 Å². The zero-order valence-electron chi connectivity index (χ0n) is 24.9. The van der Waals surface area contributed by atoms with Crippen molar-refractivity contribution in [3.63, 3.8) is 0 Å². The van der Waals surface area contributed by atoms with Gasteiger partial charge >= 0.3 is 0 Å². The van der Waals surface area contributed by atoms with E-state index in [4.69, 9.17) is 15.5 Å². The summed E-state index contributed by atoms with van der Waals surface area (Å²) in [5.41, 5.74) is 16.3. The van der Waals surface area contributed by atoms with E-state index in [2.05, 4.69) is 56.6 Å².